The molecule has 1 amide bonds. The van der Waals surface area contributed by atoms with Crippen LogP contribution in [0.2, 0.25) is 0 Å². The van der Waals surface area contributed by atoms with Gasteiger partial charge in [-0.3, -0.25) is 4.79 Å². The van der Waals surface area contributed by atoms with Crippen LogP contribution < -0.4 is 0 Å². The molecule has 122 valence electrons. The van der Waals surface area contributed by atoms with Crippen LogP contribution in [0.3, 0.4) is 0 Å². The van der Waals surface area contributed by atoms with Crippen molar-refractivity contribution in [1.82, 2.24) is 9.88 Å². The summed E-state index contributed by atoms with van der Waals surface area (Å²) in [7, 11) is 0. The number of benzene rings is 1. The molecule has 0 fully saturated rings. The minimum atomic E-state index is -0.237. The highest BCUT2D eigenvalue weighted by molar-refractivity contribution is 7.10. The van der Waals surface area contributed by atoms with E-state index < -0.39 is 0 Å². The second-order valence-corrected chi connectivity index (χ2v) is 7.00. The Balaban J connectivity index is 1.50. The maximum atomic E-state index is 13.3. The standard InChI is InChI=1S/C19H17FN2OS/c20-14-3-4-16-17(12-21-18(16)10-14)13-5-7-22(8-6-13)19(23)11-15-2-1-9-24-15/h1-5,9-10,12,21H,6-8,11H2. The first kappa shape index (κ1) is 15.1. The number of hydrogen-bond donors (Lipinski definition) is 1. The van der Waals surface area contributed by atoms with Crippen molar-refractivity contribution < 1.29 is 9.18 Å². The zero-order chi connectivity index (χ0) is 16.5. The maximum Gasteiger partial charge on any atom is 0.228 e. The molecular weight excluding hydrogens is 323 g/mol. The molecular formula is C19H17FN2OS. The van der Waals surface area contributed by atoms with Crippen molar-refractivity contribution in [3.8, 4) is 0 Å². The van der Waals surface area contributed by atoms with E-state index in [2.05, 4.69) is 11.1 Å². The smallest absolute Gasteiger partial charge is 0.228 e. The van der Waals surface area contributed by atoms with Crippen LogP contribution in [0, 0.1) is 5.82 Å². The molecule has 1 aliphatic heterocycles. The lowest BCUT2D eigenvalue weighted by Crippen LogP contribution is -2.35. The largest absolute Gasteiger partial charge is 0.360 e. The summed E-state index contributed by atoms with van der Waals surface area (Å²) in [6.07, 6.45) is 5.34. The molecule has 24 heavy (non-hydrogen) atoms. The van der Waals surface area contributed by atoms with Gasteiger partial charge in [0, 0.05) is 40.6 Å². The molecule has 3 aromatic rings. The fourth-order valence-corrected chi connectivity index (χ4v) is 3.87. The number of carbonyl (C=O) groups is 1. The van der Waals surface area contributed by atoms with Crippen molar-refractivity contribution >= 4 is 33.7 Å². The number of H-pyrrole nitrogens is 1. The zero-order valence-electron chi connectivity index (χ0n) is 13.1. The number of fused-ring (bicyclic) bond motifs is 1. The van der Waals surface area contributed by atoms with Gasteiger partial charge in [0.1, 0.15) is 5.82 Å². The normalized spacial score (nSPS) is 14.9. The number of hydrogen-bond acceptors (Lipinski definition) is 2. The Morgan fingerprint density at radius 1 is 1.33 bits per heavy atom. The highest BCUT2D eigenvalue weighted by Crippen LogP contribution is 2.29. The molecule has 0 aliphatic carbocycles. The first-order valence-corrected chi connectivity index (χ1v) is 8.85. The first-order valence-electron chi connectivity index (χ1n) is 7.97. The van der Waals surface area contributed by atoms with E-state index >= 15 is 0 Å². The Labute approximate surface area is 143 Å². The van der Waals surface area contributed by atoms with Gasteiger partial charge in [0.25, 0.3) is 0 Å². The Hall–Kier alpha value is -2.40. The monoisotopic (exact) mass is 340 g/mol. The van der Waals surface area contributed by atoms with E-state index in [1.54, 1.807) is 11.3 Å². The van der Waals surface area contributed by atoms with Crippen molar-refractivity contribution in [1.29, 1.82) is 0 Å². The summed E-state index contributed by atoms with van der Waals surface area (Å²) in [6.45, 7) is 1.36. The van der Waals surface area contributed by atoms with Crippen molar-refractivity contribution in [2.24, 2.45) is 0 Å². The lowest BCUT2D eigenvalue weighted by Gasteiger charge is -2.26. The number of rotatable bonds is 3. The van der Waals surface area contributed by atoms with Gasteiger partial charge in [-0.1, -0.05) is 12.1 Å². The molecule has 4 rings (SSSR count). The SMILES string of the molecule is O=C(Cc1cccs1)N1CC=C(c2c[nH]c3cc(F)ccc23)CC1. The van der Waals surface area contributed by atoms with Crippen LogP contribution in [0.15, 0.2) is 48.0 Å². The van der Waals surface area contributed by atoms with E-state index in [4.69, 9.17) is 0 Å². The summed E-state index contributed by atoms with van der Waals surface area (Å²) in [5.74, 6) is -0.0624. The Morgan fingerprint density at radius 2 is 2.25 bits per heavy atom. The van der Waals surface area contributed by atoms with Gasteiger partial charge < -0.3 is 9.88 Å². The number of aromatic amines is 1. The number of thiophene rings is 1. The molecule has 0 saturated carbocycles. The van der Waals surface area contributed by atoms with Gasteiger partial charge in [-0.2, -0.15) is 0 Å². The molecule has 0 radical (unpaired) electrons. The lowest BCUT2D eigenvalue weighted by atomic mass is 9.98. The summed E-state index contributed by atoms with van der Waals surface area (Å²) in [6, 6.07) is 8.78. The second kappa shape index (κ2) is 6.24. The third kappa shape index (κ3) is 2.87. The van der Waals surface area contributed by atoms with Crippen LogP contribution in [-0.2, 0) is 11.2 Å². The molecule has 3 heterocycles. The molecule has 1 aliphatic rings. The predicted octanol–water partition coefficient (Wildman–Crippen LogP) is 4.23. The van der Waals surface area contributed by atoms with E-state index in [0.717, 1.165) is 34.3 Å². The molecule has 1 aromatic carbocycles. The molecule has 2 aromatic heterocycles. The van der Waals surface area contributed by atoms with E-state index in [9.17, 15) is 9.18 Å². The lowest BCUT2D eigenvalue weighted by molar-refractivity contribution is -0.130. The Morgan fingerprint density at radius 3 is 3.00 bits per heavy atom. The molecule has 5 heteroatoms. The predicted molar refractivity (Wildman–Crippen MR) is 95.5 cm³/mol. The molecule has 0 spiro atoms. The summed E-state index contributed by atoms with van der Waals surface area (Å²) in [5, 5.41) is 3.03. The average molecular weight is 340 g/mol. The number of amides is 1. The molecule has 0 saturated heterocycles. The quantitative estimate of drug-likeness (QED) is 0.761. The van der Waals surface area contributed by atoms with Crippen molar-refractivity contribution in [2.45, 2.75) is 12.8 Å². The van der Waals surface area contributed by atoms with E-state index in [1.807, 2.05) is 34.7 Å². The van der Waals surface area contributed by atoms with Crippen molar-refractivity contribution in [2.75, 3.05) is 13.1 Å². The second-order valence-electron chi connectivity index (χ2n) is 5.97. The molecule has 0 atom stereocenters. The fourth-order valence-electron chi connectivity index (χ4n) is 3.18. The van der Waals surface area contributed by atoms with Crippen LogP contribution in [-0.4, -0.2) is 28.9 Å². The van der Waals surface area contributed by atoms with Gasteiger partial charge in [-0.05, 0) is 41.6 Å². The van der Waals surface area contributed by atoms with Crippen molar-refractivity contribution in [3.63, 3.8) is 0 Å². The highest BCUT2D eigenvalue weighted by atomic mass is 32.1. The Kier molecular flexibility index (Phi) is 3.94. The van der Waals surface area contributed by atoms with Gasteiger partial charge in [-0.25, -0.2) is 4.39 Å². The van der Waals surface area contributed by atoms with E-state index in [1.165, 1.54) is 17.7 Å². The summed E-state index contributed by atoms with van der Waals surface area (Å²) in [5.41, 5.74) is 3.13. The third-order valence-corrected chi connectivity index (χ3v) is 5.33. The minimum Gasteiger partial charge on any atom is -0.360 e. The zero-order valence-corrected chi connectivity index (χ0v) is 13.9. The number of aromatic nitrogens is 1. The Bertz CT molecular complexity index is 911. The summed E-state index contributed by atoms with van der Waals surface area (Å²) < 4.78 is 13.3. The van der Waals surface area contributed by atoms with Gasteiger partial charge >= 0.3 is 0 Å². The highest BCUT2D eigenvalue weighted by Gasteiger charge is 2.19. The van der Waals surface area contributed by atoms with E-state index in [0.29, 0.717) is 13.0 Å². The molecule has 3 nitrogen and oxygen atoms in total. The molecule has 0 bridgehead atoms. The summed E-state index contributed by atoms with van der Waals surface area (Å²) in [4.78, 5) is 18.5. The first-order chi connectivity index (χ1) is 11.7. The van der Waals surface area contributed by atoms with Crippen LogP contribution in [0.5, 0.6) is 0 Å². The fraction of sp³-hybridized carbons (Fsp3) is 0.211. The minimum absolute atomic E-state index is 0.175. The van der Waals surface area contributed by atoms with Crippen LogP contribution in [0.1, 0.15) is 16.9 Å². The number of carbonyl (C=O) groups excluding carboxylic acids is 1. The number of halogens is 1. The third-order valence-electron chi connectivity index (χ3n) is 4.46. The van der Waals surface area contributed by atoms with Crippen LogP contribution >= 0.6 is 11.3 Å². The van der Waals surface area contributed by atoms with Gasteiger partial charge in [0.15, 0.2) is 0 Å². The molecule has 0 unspecified atom stereocenters. The van der Waals surface area contributed by atoms with Crippen LogP contribution in [0.4, 0.5) is 4.39 Å². The van der Waals surface area contributed by atoms with Crippen LogP contribution in [0.25, 0.3) is 16.5 Å². The van der Waals surface area contributed by atoms with E-state index in [-0.39, 0.29) is 11.7 Å². The topological polar surface area (TPSA) is 36.1 Å². The maximum absolute atomic E-state index is 13.3. The number of nitrogens with one attached hydrogen (secondary N) is 1. The van der Waals surface area contributed by atoms with Gasteiger partial charge in [0.05, 0.1) is 6.42 Å². The molecule has 1 N–H and O–H groups in total. The average Bonchev–Trinajstić information content (AvgIpc) is 3.24. The van der Waals surface area contributed by atoms with Gasteiger partial charge in [0.2, 0.25) is 5.91 Å². The number of nitrogens with zero attached hydrogens (tertiary/aromatic N) is 1. The summed E-state index contributed by atoms with van der Waals surface area (Å²) >= 11 is 1.62. The van der Waals surface area contributed by atoms with Crippen molar-refractivity contribution in [3.05, 3.63) is 64.2 Å². The van der Waals surface area contributed by atoms with Gasteiger partial charge in [-0.15, -0.1) is 11.3 Å².